The predicted octanol–water partition coefficient (Wildman–Crippen LogP) is 1.23. The number of furan rings is 1. The maximum Gasteiger partial charge on any atom is 0.247 e. The molecule has 0 fully saturated rings. The van der Waals surface area contributed by atoms with E-state index in [2.05, 4.69) is 5.32 Å². The van der Waals surface area contributed by atoms with Gasteiger partial charge in [-0.2, -0.15) is 0 Å². The number of aliphatic hydroxyl groups excluding tert-OH is 3. The molecule has 4 unspecified atom stereocenters. The van der Waals surface area contributed by atoms with Crippen LogP contribution in [-0.2, 0) is 22.7 Å². The molecule has 2 aliphatic rings. The van der Waals surface area contributed by atoms with E-state index in [4.69, 9.17) is 13.9 Å². The first kappa shape index (κ1) is 25.7. The number of methoxy groups -OCH3 is 1. The standard InChI is InChI=1S/C26H32N2O8/c1-3-4-21(31)28(12-15-5-8-35-14-15)19-11-18(26(33)27-6-7-29)22-17-9-16(13-30)10-20(34-2)24(17)36-25(22)23(19)32/h5,8-11,14,19,22-23,25,29-30,32H,3-4,6-7,12-13H2,1-2H3,(H,27,33). The third kappa shape index (κ3) is 4.84. The highest BCUT2D eigenvalue weighted by Gasteiger charge is 2.51. The van der Waals surface area contributed by atoms with Crippen LogP contribution in [0.25, 0.3) is 0 Å². The SMILES string of the molecule is CCCC(=O)N(Cc1ccoc1)C1C=C(C(=O)NCCO)C2c3cc(CO)cc(OC)c3OC2C1O. The Hall–Kier alpha value is -3.34. The molecule has 2 amide bonds. The third-order valence-corrected chi connectivity index (χ3v) is 6.57. The molecule has 0 radical (unpaired) electrons. The highest BCUT2D eigenvalue weighted by molar-refractivity contribution is 5.96. The first-order chi connectivity index (χ1) is 17.4. The highest BCUT2D eigenvalue weighted by Crippen LogP contribution is 2.51. The molecule has 2 aromatic rings. The van der Waals surface area contributed by atoms with Gasteiger partial charge in [-0.25, -0.2) is 0 Å². The lowest BCUT2D eigenvalue weighted by Gasteiger charge is -2.40. The lowest BCUT2D eigenvalue weighted by Crippen LogP contribution is -2.55. The molecule has 0 bridgehead atoms. The van der Waals surface area contributed by atoms with Gasteiger partial charge in [-0.05, 0) is 36.3 Å². The van der Waals surface area contributed by atoms with Crippen molar-refractivity contribution in [2.24, 2.45) is 0 Å². The van der Waals surface area contributed by atoms with E-state index in [-0.39, 0.29) is 38.6 Å². The van der Waals surface area contributed by atoms with Crippen LogP contribution in [-0.4, -0.2) is 70.5 Å². The molecule has 10 heteroatoms. The summed E-state index contributed by atoms with van der Waals surface area (Å²) in [6.45, 7) is 1.64. The monoisotopic (exact) mass is 500 g/mol. The largest absolute Gasteiger partial charge is 0.493 e. The predicted molar refractivity (Wildman–Crippen MR) is 128 cm³/mol. The summed E-state index contributed by atoms with van der Waals surface area (Å²) >= 11 is 0. The zero-order valence-corrected chi connectivity index (χ0v) is 20.3. The van der Waals surface area contributed by atoms with Gasteiger partial charge in [0.2, 0.25) is 11.8 Å². The number of nitrogens with one attached hydrogen (secondary N) is 1. The summed E-state index contributed by atoms with van der Waals surface area (Å²) in [5, 5.41) is 33.2. The Morgan fingerprint density at radius 3 is 2.67 bits per heavy atom. The van der Waals surface area contributed by atoms with Crippen molar-refractivity contribution < 1.29 is 38.8 Å². The van der Waals surface area contributed by atoms with Gasteiger partial charge in [0.15, 0.2) is 11.5 Å². The van der Waals surface area contributed by atoms with Crippen molar-refractivity contribution in [3.05, 3.63) is 59.1 Å². The normalized spacial score (nSPS) is 22.2. The molecule has 0 spiro atoms. The van der Waals surface area contributed by atoms with Gasteiger partial charge >= 0.3 is 0 Å². The Balaban J connectivity index is 1.81. The molecular weight excluding hydrogens is 468 g/mol. The Morgan fingerprint density at radius 2 is 2.03 bits per heavy atom. The fourth-order valence-electron chi connectivity index (χ4n) is 4.92. The molecule has 4 atom stereocenters. The van der Waals surface area contributed by atoms with Crippen LogP contribution in [0.4, 0.5) is 0 Å². The number of carbonyl (C=O) groups is 2. The lowest BCUT2D eigenvalue weighted by atomic mass is 9.77. The van der Waals surface area contributed by atoms with E-state index in [9.17, 15) is 24.9 Å². The van der Waals surface area contributed by atoms with Crippen molar-refractivity contribution in [3.63, 3.8) is 0 Å². The number of rotatable bonds is 10. The van der Waals surface area contributed by atoms with E-state index in [1.165, 1.54) is 24.5 Å². The van der Waals surface area contributed by atoms with Crippen LogP contribution in [0.15, 0.2) is 46.8 Å². The second-order valence-electron chi connectivity index (χ2n) is 8.92. The van der Waals surface area contributed by atoms with Crippen molar-refractivity contribution in [3.8, 4) is 11.5 Å². The van der Waals surface area contributed by atoms with Crippen LogP contribution < -0.4 is 14.8 Å². The van der Waals surface area contributed by atoms with Gasteiger partial charge in [0, 0.05) is 36.2 Å². The molecular formula is C26H32N2O8. The lowest BCUT2D eigenvalue weighted by molar-refractivity contribution is -0.138. The molecule has 4 rings (SSSR count). The zero-order chi connectivity index (χ0) is 25.8. The fourth-order valence-corrected chi connectivity index (χ4v) is 4.92. The van der Waals surface area contributed by atoms with Crippen LogP contribution in [0.5, 0.6) is 11.5 Å². The number of nitrogens with zero attached hydrogens (tertiary/aromatic N) is 1. The third-order valence-electron chi connectivity index (χ3n) is 6.57. The number of ether oxygens (including phenoxy) is 2. The molecule has 0 saturated heterocycles. The molecule has 1 aliphatic carbocycles. The Labute approximate surface area is 209 Å². The summed E-state index contributed by atoms with van der Waals surface area (Å²) in [6.07, 6.45) is 3.50. The quantitative estimate of drug-likeness (QED) is 0.382. The van der Waals surface area contributed by atoms with Crippen LogP contribution in [0, 0.1) is 0 Å². The second kappa shape index (κ2) is 11.2. The van der Waals surface area contributed by atoms with E-state index >= 15 is 0 Å². The molecule has 1 aliphatic heterocycles. The average Bonchev–Trinajstić information content (AvgIpc) is 3.54. The number of aliphatic hydroxyl groups is 3. The first-order valence-corrected chi connectivity index (χ1v) is 12.0. The van der Waals surface area contributed by atoms with Gasteiger partial charge in [0.1, 0.15) is 12.2 Å². The summed E-state index contributed by atoms with van der Waals surface area (Å²) in [5.41, 5.74) is 2.23. The van der Waals surface area contributed by atoms with E-state index in [1.54, 1.807) is 24.3 Å². The smallest absolute Gasteiger partial charge is 0.247 e. The van der Waals surface area contributed by atoms with Crippen LogP contribution in [0.2, 0.25) is 0 Å². The molecule has 36 heavy (non-hydrogen) atoms. The summed E-state index contributed by atoms with van der Waals surface area (Å²) < 4.78 is 16.8. The highest BCUT2D eigenvalue weighted by atomic mass is 16.5. The zero-order valence-electron chi connectivity index (χ0n) is 20.3. The van der Waals surface area contributed by atoms with Crippen LogP contribution >= 0.6 is 0 Å². The number of hydrogen-bond acceptors (Lipinski definition) is 8. The molecule has 4 N–H and O–H groups in total. The summed E-state index contributed by atoms with van der Waals surface area (Å²) in [5.74, 6) is -0.522. The average molecular weight is 501 g/mol. The van der Waals surface area contributed by atoms with E-state index < -0.39 is 30.1 Å². The van der Waals surface area contributed by atoms with Gasteiger partial charge in [-0.15, -0.1) is 0 Å². The minimum atomic E-state index is -1.16. The Kier molecular flexibility index (Phi) is 7.97. The molecule has 194 valence electrons. The summed E-state index contributed by atoms with van der Waals surface area (Å²) in [6, 6.07) is 4.26. The van der Waals surface area contributed by atoms with Crippen molar-refractivity contribution in [2.45, 2.75) is 57.1 Å². The maximum absolute atomic E-state index is 13.3. The van der Waals surface area contributed by atoms with Gasteiger partial charge in [-0.3, -0.25) is 9.59 Å². The number of carbonyl (C=O) groups excluding carboxylic acids is 2. The van der Waals surface area contributed by atoms with Crippen LogP contribution in [0.1, 0.15) is 42.4 Å². The number of fused-ring (bicyclic) bond motifs is 3. The van der Waals surface area contributed by atoms with Gasteiger partial charge in [-0.1, -0.05) is 6.92 Å². The fraction of sp³-hybridized carbons (Fsp3) is 0.462. The minimum absolute atomic E-state index is 0.0436. The Bertz CT molecular complexity index is 1110. The molecule has 10 nitrogen and oxygen atoms in total. The van der Waals surface area contributed by atoms with Crippen molar-refractivity contribution in [1.29, 1.82) is 0 Å². The van der Waals surface area contributed by atoms with Crippen LogP contribution in [0.3, 0.4) is 0 Å². The minimum Gasteiger partial charge on any atom is -0.493 e. The number of amides is 2. The van der Waals surface area contributed by atoms with E-state index in [0.717, 1.165) is 5.56 Å². The molecule has 0 saturated carbocycles. The van der Waals surface area contributed by atoms with E-state index in [0.29, 0.717) is 34.6 Å². The van der Waals surface area contributed by atoms with Crippen molar-refractivity contribution >= 4 is 11.8 Å². The summed E-state index contributed by atoms with van der Waals surface area (Å²) in [7, 11) is 1.47. The summed E-state index contributed by atoms with van der Waals surface area (Å²) in [4.78, 5) is 28.0. The van der Waals surface area contributed by atoms with Gasteiger partial charge < -0.3 is 39.4 Å². The number of benzene rings is 1. The van der Waals surface area contributed by atoms with Gasteiger partial charge in [0.25, 0.3) is 0 Å². The molecule has 1 aromatic heterocycles. The topological polar surface area (TPSA) is 142 Å². The molecule has 2 heterocycles. The second-order valence-corrected chi connectivity index (χ2v) is 8.92. The number of hydrogen-bond donors (Lipinski definition) is 4. The first-order valence-electron chi connectivity index (χ1n) is 12.0. The van der Waals surface area contributed by atoms with Gasteiger partial charge in [0.05, 0.1) is 44.8 Å². The van der Waals surface area contributed by atoms with E-state index in [1.807, 2.05) is 6.92 Å². The Morgan fingerprint density at radius 1 is 1.22 bits per heavy atom. The maximum atomic E-state index is 13.3. The van der Waals surface area contributed by atoms with Crippen molar-refractivity contribution in [2.75, 3.05) is 20.3 Å². The molecule has 1 aromatic carbocycles. The van der Waals surface area contributed by atoms with Crippen molar-refractivity contribution in [1.82, 2.24) is 10.2 Å².